The first-order chi connectivity index (χ1) is 9.70. The van der Waals surface area contributed by atoms with E-state index in [1.54, 1.807) is 11.8 Å². The minimum atomic E-state index is 0.232. The molecule has 0 aromatic carbocycles. The topological polar surface area (TPSA) is 49.4 Å². The monoisotopic (exact) mass is 298 g/mol. The van der Waals surface area contributed by atoms with Gasteiger partial charge in [0.1, 0.15) is 0 Å². The van der Waals surface area contributed by atoms with Gasteiger partial charge in [-0.2, -0.15) is 11.8 Å². The summed E-state index contributed by atoms with van der Waals surface area (Å²) in [6, 6.07) is 0. The van der Waals surface area contributed by atoms with Crippen LogP contribution < -0.4 is 5.32 Å². The first-order valence-corrected chi connectivity index (χ1v) is 9.14. The highest BCUT2D eigenvalue weighted by Gasteiger charge is 2.26. The molecular weight excluding hydrogens is 272 g/mol. The van der Waals surface area contributed by atoms with Crippen molar-refractivity contribution >= 4 is 23.6 Å². The molecule has 5 heteroatoms. The van der Waals surface area contributed by atoms with Gasteiger partial charge in [-0.3, -0.25) is 9.59 Å². The summed E-state index contributed by atoms with van der Waals surface area (Å²) >= 11 is 1.58. The van der Waals surface area contributed by atoms with E-state index in [4.69, 9.17) is 0 Å². The van der Waals surface area contributed by atoms with Crippen LogP contribution in [0.2, 0.25) is 0 Å². The molecule has 1 N–H and O–H groups in total. The van der Waals surface area contributed by atoms with E-state index >= 15 is 0 Å². The second-order valence-corrected chi connectivity index (χ2v) is 6.87. The molecule has 1 saturated heterocycles. The molecule has 0 aromatic heterocycles. The van der Waals surface area contributed by atoms with Crippen LogP contribution in [0.3, 0.4) is 0 Å². The van der Waals surface area contributed by atoms with Crippen molar-refractivity contribution in [2.75, 3.05) is 31.6 Å². The van der Waals surface area contributed by atoms with Gasteiger partial charge < -0.3 is 10.2 Å². The Balaban J connectivity index is 1.72. The number of carbonyl (C=O) groups excluding carboxylic acids is 2. The van der Waals surface area contributed by atoms with Crippen LogP contribution in [0.1, 0.15) is 38.5 Å². The maximum atomic E-state index is 12.0. The molecule has 1 aliphatic heterocycles. The first-order valence-electron chi connectivity index (χ1n) is 7.75. The van der Waals surface area contributed by atoms with Crippen molar-refractivity contribution in [3.63, 3.8) is 0 Å². The fourth-order valence-electron chi connectivity index (χ4n) is 3.25. The highest BCUT2D eigenvalue weighted by atomic mass is 32.2. The number of hydrogen-bond acceptors (Lipinski definition) is 3. The lowest BCUT2D eigenvalue weighted by Crippen LogP contribution is -2.45. The Hall–Kier alpha value is -0.710. The summed E-state index contributed by atoms with van der Waals surface area (Å²) in [6.45, 7) is 2.43. The second-order valence-electron chi connectivity index (χ2n) is 6.01. The number of nitrogens with one attached hydrogen (secondary N) is 1. The Morgan fingerprint density at radius 3 is 2.65 bits per heavy atom. The zero-order valence-electron chi connectivity index (χ0n) is 12.4. The number of likely N-dealkylation sites (tertiary alicyclic amines) is 1. The fraction of sp³-hybridized carbons (Fsp3) is 0.867. The maximum absolute atomic E-state index is 12.0. The second kappa shape index (κ2) is 7.91. The normalized spacial score (nSPS) is 23.9. The van der Waals surface area contributed by atoms with Crippen LogP contribution in [-0.2, 0) is 9.59 Å². The van der Waals surface area contributed by atoms with Gasteiger partial charge in [-0.05, 0) is 37.9 Å². The van der Waals surface area contributed by atoms with Crippen LogP contribution in [0.5, 0.6) is 0 Å². The van der Waals surface area contributed by atoms with Gasteiger partial charge in [0.15, 0.2) is 0 Å². The van der Waals surface area contributed by atoms with Gasteiger partial charge in [0.2, 0.25) is 11.8 Å². The van der Waals surface area contributed by atoms with E-state index in [-0.39, 0.29) is 17.7 Å². The Morgan fingerprint density at radius 1 is 1.20 bits per heavy atom. The van der Waals surface area contributed by atoms with Gasteiger partial charge in [-0.25, -0.2) is 0 Å². The van der Waals surface area contributed by atoms with Crippen molar-refractivity contribution in [3.8, 4) is 0 Å². The van der Waals surface area contributed by atoms with Crippen molar-refractivity contribution in [1.29, 1.82) is 0 Å². The van der Waals surface area contributed by atoms with Crippen molar-refractivity contribution in [3.05, 3.63) is 0 Å². The quantitative estimate of drug-likeness (QED) is 0.843. The van der Waals surface area contributed by atoms with Gasteiger partial charge in [0.05, 0.1) is 5.75 Å². The third-order valence-electron chi connectivity index (χ3n) is 4.43. The Kier molecular flexibility index (Phi) is 6.20. The predicted molar refractivity (Wildman–Crippen MR) is 82.7 cm³/mol. The molecule has 2 rings (SSSR count). The molecule has 1 saturated carbocycles. The third kappa shape index (κ3) is 4.40. The Bertz CT molecular complexity index is 343. The van der Waals surface area contributed by atoms with E-state index in [1.807, 2.05) is 11.2 Å². The van der Waals surface area contributed by atoms with Crippen molar-refractivity contribution in [1.82, 2.24) is 10.2 Å². The van der Waals surface area contributed by atoms with E-state index in [0.29, 0.717) is 11.7 Å². The van der Waals surface area contributed by atoms with E-state index in [1.165, 1.54) is 12.8 Å². The summed E-state index contributed by atoms with van der Waals surface area (Å²) < 4.78 is 0. The first kappa shape index (κ1) is 15.7. The zero-order valence-corrected chi connectivity index (χ0v) is 13.2. The maximum Gasteiger partial charge on any atom is 0.232 e. The molecule has 2 fully saturated rings. The largest absolute Gasteiger partial charge is 0.356 e. The molecule has 1 aliphatic carbocycles. The van der Waals surface area contributed by atoms with Gasteiger partial charge in [0, 0.05) is 25.6 Å². The molecule has 2 aliphatic rings. The van der Waals surface area contributed by atoms with Crippen molar-refractivity contribution in [2.24, 2.45) is 11.8 Å². The van der Waals surface area contributed by atoms with Crippen LogP contribution in [-0.4, -0.2) is 48.4 Å². The van der Waals surface area contributed by atoms with Crippen LogP contribution in [0.25, 0.3) is 0 Å². The molecule has 0 radical (unpaired) electrons. The standard InChI is InChI=1S/C15H26N2O2S/c1-20-11-14(18)17-8-4-5-12(10-17)9-16-15(19)13-6-2-3-7-13/h12-13H,2-11H2,1H3,(H,16,19). The summed E-state index contributed by atoms with van der Waals surface area (Å²) in [5, 5.41) is 3.10. The minimum absolute atomic E-state index is 0.232. The summed E-state index contributed by atoms with van der Waals surface area (Å²) in [5.74, 6) is 1.72. The molecule has 2 amide bonds. The third-order valence-corrected chi connectivity index (χ3v) is 4.97. The lowest BCUT2D eigenvalue weighted by molar-refractivity contribution is -0.130. The Morgan fingerprint density at radius 2 is 1.95 bits per heavy atom. The lowest BCUT2D eigenvalue weighted by Gasteiger charge is -2.33. The summed E-state index contributed by atoms with van der Waals surface area (Å²) in [5.41, 5.74) is 0. The molecule has 0 bridgehead atoms. The van der Waals surface area contributed by atoms with E-state index < -0.39 is 0 Å². The number of rotatable bonds is 5. The smallest absolute Gasteiger partial charge is 0.232 e. The molecule has 1 unspecified atom stereocenters. The fourth-order valence-corrected chi connectivity index (χ4v) is 3.68. The molecule has 1 atom stereocenters. The minimum Gasteiger partial charge on any atom is -0.356 e. The number of nitrogens with zero attached hydrogens (tertiary/aromatic N) is 1. The van der Waals surface area contributed by atoms with E-state index in [0.717, 1.165) is 45.3 Å². The molecule has 114 valence electrons. The highest BCUT2D eigenvalue weighted by Crippen LogP contribution is 2.25. The summed E-state index contributed by atoms with van der Waals surface area (Å²) in [6.07, 6.45) is 8.62. The Labute approximate surface area is 126 Å². The molecule has 20 heavy (non-hydrogen) atoms. The number of piperidine rings is 1. The number of hydrogen-bond donors (Lipinski definition) is 1. The highest BCUT2D eigenvalue weighted by molar-refractivity contribution is 7.99. The van der Waals surface area contributed by atoms with E-state index in [2.05, 4.69) is 5.32 Å². The number of amides is 2. The molecule has 0 aromatic rings. The van der Waals surface area contributed by atoms with Crippen LogP contribution >= 0.6 is 11.8 Å². The molecular formula is C15H26N2O2S. The zero-order chi connectivity index (χ0) is 14.4. The van der Waals surface area contributed by atoms with Crippen LogP contribution in [0.4, 0.5) is 0 Å². The lowest BCUT2D eigenvalue weighted by atomic mass is 9.97. The van der Waals surface area contributed by atoms with Gasteiger partial charge in [0.25, 0.3) is 0 Å². The molecule has 4 nitrogen and oxygen atoms in total. The molecule has 1 heterocycles. The molecule has 0 spiro atoms. The number of thioether (sulfide) groups is 1. The van der Waals surface area contributed by atoms with Crippen molar-refractivity contribution in [2.45, 2.75) is 38.5 Å². The average molecular weight is 298 g/mol. The van der Waals surface area contributed by atoms with Crippen LogP contribution in [0.15, 0.2) is 0 Å². The van der Waals surface area contributed by atoms with Gasteiger partial charge in [-0.1, -0.05) is 12.8 Å². The van der Waals surface area contributed by atoms with E-state index in [9.17, 15) is 9.59 Å². The number of carbonyl (C=O) groups is 2. The van der Waals surface area contributed by atoms with Crippen LogP contribution in [0, 0.1) is 11.8 Å². The SMILES string of the molecule is CSCC(=O)N1CCCC(CNC(=O)C2CCCC2)C1. The summed E-state index contributed by atoms with van der Waals surface area (Å²) in [7, 11) is 0. The summed E-state index contributed by atoms with van der Waals surface area (Å²) in [4.78, 5) is 25.9. The average Bonchev–Trinajstić information content (AvgIpc) is 2.99. The van der Waals surface area contributed by atoms with Gasteiger partial charge in [-0.15, -0.1) is 0 Å². The van der Waals surface area contributed by atoms with Gasteiger partial charge >= 0.3 is 0 Å². The van der Waals surface area contributed by atoms with Crippen molar-refractivity contribution < 1.29 is 9.59 Å². The predicted octanol–water partition coefficient (Wildman–Crippen LogP) is 1.89.